The summed E-state index contributed by atoms with van der Waals surface area (Å²) in [7, 11) is 1.42. The number of fused-ring (bicyclic) bond motifs is 2. The number of anilines is 3. The molecule has 7 heterocycles. The lowest BCUT2D eigenvalue weighted by Gasteiger charge is -2.41. The third-order valence-electron chi connectivity index (χ3n) is 11.0. The topological polar surface area (TPSA) is 174 Å². The fraction of sp³-hybridized carbons (Fsp3) is 0.556. The van der Waals surface area contributed by atoms with Gasteiger partial charge in [0.25, 0.3) is 0 Å². The molecule has 0 radical (unpaired) electrons. The summed E-state index contributed by atoms with van der Waals surface area (Å²) in [5, 5.41) is 17.9. The van der Waals surface area contributed by atoms with Crippen molar-refractivity contribution in [1.82, 2.24) is 29.7 Å². The highest BCUT2D eigenvalue weighted by Crippen LogP contribution is 2.38. The molecule has 0 aliphatic carbocycles. The standard InChI is InChI=1S/C24H30ClN5O3S.C12H15ClN4O2S/c1-29-14-18(6-7-20(29)32)26-22-21-19(8-13-34(21)33)27-23(28-22)30-11-9-24(15-31,10-12-30)16-2-4-17(25)5-3-16;1-17-6-7(2-3-9(17)18)14-11-10-8(4-5-20(10)19)15-12(13)16-11/h2-5,18,31H,6-15H2,1H3,(H,26,27,28);7H,2-6H2,1H3,(H,14,15,16)/t18-,34?;7-,20?/m00/s1. The van der Waals surface area contributed by atoms with Crippen LogP contribution in [0.3, 0.4) is 0 Å². The summed E-state index contributed by atoms with van der Waals surface area (Å²) >= 11 is 12.0. The van der Waals surface area contributed by atoms with Crippen LogP contribution in [-0.2, 0) is 49.4 Å². The van der Waals surface area contributed by atoms with Gasteiger partial charge in [-0.25, -0.2) is 9.97 Å². The van der Waals surface area contributed by atoms with Crippen molar-refractivity contribution >= 4 is 74.2 Å². The normalized spacial score (nSPS) is 24.8. The number of halogens is 2. The number of nitrogens with zero attached hydrogens (tertiary/aromatic N) is 7. The van der Waals surface area contributed by atoms with E-state index in [1.807, 2.05) is 31.3 Å². The number of aliphatic hydroxyl groups excluding tert-OH is 1. The second kappa shape index (κ2) is 16.3. The molecule has 18 heteroatoms. The molecule has 14 nitrogen and oxygen atoms in total. The lowest BCUT2D eigenvalue weighted by Crippen LogP contribution is -2.45. The molecule has 290 valence electrons. The van der Waals surface area contributed by atoms with Crippen LogP contribution < -0.4 is 15.5 Å². The van der Waals surface area contributed by atoms with Crippen molar-refractivity contribution < 1.29 is 23.1 Å². The molecule has 5 aliphatic heterocycles. The van der Waals surface area contributed by atoms with Gasteiger partial charge in [0.2, 0.25) is 23.0 Å². The molecule has 3 aromatic rings. The van der Waals surface area contributed by atoms with Gasteiger partial charge < -0.3 is 30.4 Å². The number of piperidine rings is 3. The van der Waals surface area contributed by atoms with Crippen molar-refractivity contribution in [2.45, 2.75) is 78.7 Å². The molecular weight excluding hydrogens is 773 g/mol. The zero-order valence-corrected chi connectivity index (χ0v) is 33.5. The quantitative estimate of drug-likeness (QED) is 0.298. The Hall–Kier alpha value is -3.44. The maximum absolute atomic E-state index is 12.7. The lowest BCUT2D eigenvalue weighted by atomic mass is 9.73. The number of likely N-dealkylation sites (N-methyl/N-ethyl adjacent to an activating group) is 2. The average Bonchev–Trinajstić information content (AvgIpc) is 3.73. The number of rotatable bonds is 7. The molecule has 3 N–H and O–H groups in total. The molecule has 2 amide bonds. The first kappa shape index (κ1) is 38.8. The number of aryl methyl sites for hydroxylation is 2. The highest BCUT2D eigenvalue weighted by Gasteiger charge is 2.38. The molecule has 0 saturated carbocycles. The second-order valence-corrected chi connectivity index (χ2v) is 18.4. The van der Waals surface area contributed by atoms with Crippen LogP contribution in [0.15, 0.2) is 34.1 Å². The number of carbonyl (C=O) groups is 2. The summed E-state index contributed by atoms with van der Waals surface area (Å²) in [6, 6.07) is 7.93. The van der Waals surface area contributed by atoms with E-state index in [2.05, 4.69) is 25.5 Å². The predicted molar refractivity (Wildman–Crippen MR) is 209 cm³/mol. The molecule has 3 fully saturated rings. The Morgan fingerprint density at radius 1 is 0.778 bits per heavy atom. The summed E-state index contributed by atoms with van der Waals surface area (Å²) in [6.45, 7) is 2.72. The maximum atomic E-state index is 12.7. The highest BCUT2D eigenvalue weighted by atomic mass is 35.5. The molecule has 1 aromatic carbocycles. The number of amides is 2. The minimum Gasteiger partial charge on any atom is -0.395 e. The van der Waals surface area contributed by atoms with Crippen molar-refractivity contribution in [2.75, 3.05) is 73.9 Å². The minimum atomic E-state index is -1.11. The molecule has 54 heavy (non-hydrogen) atoms. The van der Waals surface area contributed by atoms with Crippen molar-refractivity contribution in [3.05, 3.63) is 51.5 Å². The third kappa shape index (κ3) is 8.23. The Bertz CT molecular complexity index is 1970. The molecule has 0 spiro atoms. The molecule has 2 unspecified atom stereocenters. The van der Waals surface area contributed by atoms with Crippen LogP contribution in [-0.4, -0.2) is 126 Å². The summed E-state index contributed by atoms with van der Waals surface area (Å²) < 4.78 is 24.8. The van der Waals surface area contributed by atoms with Crippen molar-refractivity contribution in [1.29, 1.82) is 0 Å². The van der Waals surface area contributed by atoms with E-state index < -0.39 is 21.6 Å². The van der Waals surface area contributed by atoms with Crippen molar-refractivity contribution in [3.63, 3.8) is 0 Å². The van der Waals surface area contributed by atoms with Crippen molar-refractivity contribution in [3.8, 4) is 0 Å². The Morgan fingerprint density at radius 3 is 1.81 bits per heavy atom. The number of aliphatic hydroxyl groups is 1. The SMILES string of the molecule is CN1C[C@@H](Nc2nc(Cl)nc3c2S(=O)CC3)CCC1=O.CN1C[C@@H](Nc2nc(N3CCC(CO)(c4ccc(Cl)cc4)CC3)nc3c2S(=O)CC3)CCC1=O. The van der Waals surface area contributed by atoms with Gasteiger partial charge in [-0.2, -0.15) is 9.97 Å². The first-order valence-corrected chi connectivity index (χ1v) is 21.7. The molecule has 4 atom stereocenters. The molecule has 5 aliphatic rings. The van der Waals surface area contributed by atoms with Crippen LogP contribution >= 0.6 is 23.2 Å². The molecule has 3 saturated heterocycles. The molecule has 8 rings (SSSR count). The Balaban J connectivity index is 0.000000191. The molecule has 0 bridgehead atoms. The van der Waals surface area contributed by atoms with E-state index in [-0.39, 0.29) is 41.2 Å². The smallest absolute Gasteiger partial charge is 0.227 e. The number of hydrogen-bond donors (Lipinski definition) is 3. The van der Waals surface area contributed by atoms with Crippen molar-refractivity contribution in [2.24, 2.45) is 0 Å². The van der Waals surface area contributed by atoms with Gasteiger partial charge in [-0.3, -0.25) is 18.0 Å². The number of benzene rings is 1. The van der Waals surface area contributed by atoms with Gasteiger partial charge in [-0.15, -0.1) is 0 Å². The monoisotopic (exact) mass is 817 g/mol. The van der Waals surface area contributed by atoms with Crippen LogP contribution in [0, 0.1) is 0 Å². The van der Waals surface area contributed by atoms with Crippen LogP contribution in [0.4, 0.5) is 17.6 Å². The first-order valence-electron chi connectivity index (χ1n) is 18.3. The highest BCUT2D eigenvalue weighted by molar-refractivity contribution is 7.85. The predicted octanol–water partition coefficient (Wildman–Crippen LogP) is 3.18. The summed E-state index contributed by atoms with van der Waals surface area (Å²) in [4.78, 5) is 48.3. The number of likely N-dealkylation sites (tertiary alicyclic amines) is 2. The Kier molecular flexibility index (Phi) is 11.7. The average molecular weight is 819 g/mol. The van der Waals surface area contributed by atoms with Gasteiger partial charge in [-0.05, 0) is 55.0 Å². The van der Waals surface area contributed by atoms with E-state index in [1.165, 1.54) is 0 Å². The van der Waals surface area contributed by atoms with Gasteiger partial charge in [0.05, 0.1) is 39.6 Å². The largest absolute Gasteiger partial charge is 0.395 e. The first-order chi connectivity index (χ1) is 25.9. The lowest BCUT2D eigenvalue weighted by molar-refractivity contribution is -0.132. The van der Waals surface area contributed by atoms with E-state index in [0.29, 0.717) is 95.8 Å². The Morgan fingerprint density at radius 2 is 1.30 bits per heavy atom. The fourth-order valence-corrected chi connectivity index (χ4v) is 10.8. The van der Waals surface area contributed by atoms with E-state index in [1.54, 1.807) is 16.8 Å². The van der Waals surface area contributed by atoms with Crippen LogP contribution in [0.2, 0.25) is 10.3 Å². The van der Waals surface area contributed by atoms with Gasteiger partial charge in [-0.1, -0.05) is 23.7 Å². The van der Waals surface area contributed by atoms with Gasteiger partial charge in [0.1, 0.15) is 21.4 Å². The summed E-state index contributed by atoms with van der Waals surface area (Å²) in [5.74, 6) is 3.28. The number of carbonyl (C=O) groups excluding carboxylic acids is 2. The van der Waals surface area contributed by atoms with E-state index in [0.717, 1.165) is 42.6 Å². The van der Waals surface area contributed by atoms with E-state index in [4.69, 9.17) is 33.2 Å². The van der Waals surface area contributed by atoms with E-state index >= 15 is 0 Å². The van der Waals surface area contributed by atoms with E-state index in [9.17, 15) is 23.1 Å². The summed E-state index contributed by atoms with van der Waals surface area (Å²) in [6.07, 6.45) is 5.37. The van der Waals surface area contributed by atoms with Gasteiger partial charge in [0, 0.05) is 100.0 Å². The minimum absolute atomic E-state index is 0.0699. The summed E-state index contributed by atoms with van der Waals surface area (Å²) in [5.41, 5.74) is 2.41. The van der Waals surface area contributed by atoms with Crippen LogP contribution in [0.5, 0.6) is 0 Å². The fourth-order valence-electron chi connectivity index (χ4n) is 7.81. The Labute approximate surface area is 329 Å². The van der Waals surface area contributed by atoms with Crippen LogP contribution in [0.1, 0.15) is 55.5 Å². The number of aromatic nitrogens is 4. The molecule has 2 aromatic heterocycles. The number of hydrogen-bond acceptors (Lipinski definition) is 12. The number of nitrogens with one attached hydrogen (secondary N) is 2. The zero-order valence-electron chi connectivity index (χ0n) is 30.4. The maximum Gasteiger partial charge on any atom is 0.227 e. The molecular formula is C36H45Cl2N9O5S2. The van der Waals surface area contributed by atoms with Crippen LogP contribution in [0.25, 0.3) is 0 Å². The second-order valence-electron chi connectivity index (χ2n) is 14.6. The van der Waals surface area contributed by atoms with Gasteiger partial charge in [0.15, 0.2) is 0 Å². The van der Waals surface area contributed by atoms with Gasteiger partial charge >= 0.3 is 0 Å². The third-order valence-corrected chi connectivity index (χ3v) is 14.4. The zero-order chi connectivity index (χ0) is 38.1.